The number of methoxy groups -OCH3 is 1. The second-order valence-corrected chi connectivity index (χ2v) is 8.86. The molecule has 3 aromatic carbocycles. The third-order valence-electron chi connectivity index (χ3n) is 6.20. The summed E-state index contributed by atoms with van der Waals surface area (Å²) in [5.74, 6) is -2.68. The Morgan fingerprint density at radius 1 is 0.951 bits per heavy atom. The van der Waals surface area contributed by atoms with Crippen molar-refractivity contribution in [1.82, 2.24) is 9.13 Å². The molecular weight excluding hydrogens is 546 g/mol. The van der Waals surface area contributed by atoms with Crippen LogP contribution in [0.4, 0.5) is 17.6 Å². The van der Waals surface area contributed by atoms with E-state index in [9.17, 15) is 27.2 Å². The second kappa shape index (κ2) is 13.1. The molecule has 0 saturated carbocycles. The van der Waals surface area contributed by atoms with Gasteiger partial charge in [-0.2, -0.15) is 13.2 Å². The lowest BCUT2D eigenvalue weighted by molar-refractivity contribution is -0.192. The lowest BCUT2D eigenvalue weighted by Crippen LogP contribution is -2.44. The third kappa shape index (κ3) is 7.28. The van der Waals surface area contributed by atoms with E-state index in [0.29, 0.717) is 11.4 Å². The first kappa shape index (κ1) is 30.8. The number of carboxylic acid groups (broad SMARTS) is 1. The van der Waals surface area contributed by atoms with Gasteiger partial charge in [-0.05, 0) is 24.6 Å². The summed E-state index contributed by atoms with van der Waals surface area (Å²) in [6.45, 7) is 1.76. The first-order valence-corrected chi connectivity index (χ1v) is 12.2. The van der Waals surface area contributed by atoms with Gasteiger partial charge in [0.1, 0.15) is 11.6 Å². The molecule has 41 heavy (non-hydrogen) atoms. The van der Waals surface area contributed by atoms with Crippen molar-refractivity contribution >= 4 is 5.97 Å². The van der Waals surface area contributed by atoms with Gasteiger partial charge in [-0.15, -0.1) is 0 Å². The van der Waals surface area contributed by atoms with Crippen molar-refractivity contribution in [2.24, 2.45) is 5.73 Å². The highest BCUT2D eigenvalue weighted by Crippen LogP contribution is 2.24. The van der Waals surface area contributed by atoms with E-state index in [1.807, 2.05) is 48.5 Å². The molecule has 1 atom stereocenters. The van der Waals surface area contributed by atoms with E-state index in [1.54, 1.807) is 38.3 Å². The fourth-order valence-corrected chi connectivity index (χ4v) is 4.13. The van der Waals surface area contributed by atoms with Gasteiger partial charge in [0, 0.05) is 22.9 Å². The quantitative estimate of drug-likeness (QED) is 0.314. The maximum Gasteiger partial charge on any atom is 0.490 e. The molecule has 0 bridgehead atoms. The Balaban J connectivity index is 0.000000587. The molecule has 0 radical (unpaired) electrons. The highest BCUT2D eigenvalue weighted by Gasteiger charge is 2.38. The van der Waals surface area contributed by atoms with Crippen LogP contribution in [0.2, 0.25) is 0 Å². The zero-order valence-electron chi connectivity index (χ0n) is 22.1. The number of ether oxygens (including phenoxy) is 1. The maximum atomic E-state index is 14.8. The molecule has 1 unspecified atom stereocenters. The van der Waals surface area contributed by atoms with Gasteiger partial charge < -0.3 is 15.6 Å². The first-order valence-electron chi connectivity index (χ1n) is 12.2. The average Bonchev–Trinajstić information content (AvgIpc) is 2.95. The Labute approximate surface area is 231 Å². The van der Waals surface area contributed by atoms with Crippen molar-refractivity contribution in [2.75, 3.05) is 7.11 Å². The van der Waals surface area contributed by atoms with Gasteiger partial charge in [0.05, 0.1) is 25.8 Å². The first-order chi connectivity index (χ1) is 19.4. The van der Waals surface area contributed by atoms with Crippen LogP contribution in [0, 0.1) is 12.7 Å². The van der Waals surface area contributed by atoms with Crippen molar-refractivity contribution < 1.29 is 32.2 Å². The lowest BCUT2D eigenvalue weighted by Gasteiger charge is -2.20. The van der Waals surface area contributed by atoms with E-state index in [0.717, 1.165) is 15.7 Å². The molecule has 8 nitrogen and oxygen atoms in total. The van der Waals surface area contributed by atoms with Gasteiger partial charge in [-0.25, -0.2) is 14.0 Å². The summed E-state index contributed by atoms with van der Waals surface area (Å²) in [6, 6.07) is 22.0. The molecule has 1 heterocycles. The van der Waals surface area contributed by atoms with Crippen LogP contribution in [0.1, 0.15) is 22.9 Å². The van der Waals surface area contributed by atoms with E-state index in [-0.39, 0.29) is 24.2 Å². The number of nitrogens with zero attached hydrogens (tertiary/aromatic N) is 2. The Kier molecular flexibility index (Phi) is 9.85. The van der Waals surface area contributed by atoms with Crippen molar-refractivity contribution in [1.29, 1.82) is 0 Å². The minimum atomic E-state index is -5.08. The molecule has 4 rings (SSSR count). The number of aromatic nitrogens is 2. The van der Waals surface area contributed by atoms with Gasteiger partial charge in [0.2, 0.25) is 0 Å². The Morgan fingerprint density at radius 3 is 2.10 bits per heavy atom. The number of para-hydroxylation sites is 1. The van der Waals surface area contributed by atoms with Gasteiger partial charge in [0.15, 0.2) is 0 Å². The zero-order chi connectivity index (χ0) is 30.3. The van der Waals surface area contributed by atoms with Crippen LogP contribution in [0.5, 0.6) is 5.75 Å². The van der Waals surface area contributed by atoms with E-state index >= 15 is 0 Å². The number of halogens is 4. The van der Waals surface area contributed by atoms with Crippen molar-refractivity contribution in [3.05, 3.63) is 122 Å². The highest BCUT2D eigenvalue weighted by atomic mass is 19.4. The molecule has 0 amide bonds. The molecule has 0 fully saturated rings. The van der Waals surface area contributed by atoms with Crippen LogP contribution in [0.15, 0.2) is 88.5 Å². The monoisotopic (exact) mass is 573 g/mol. The third-order valence-corrected chi connectivity index (χ3v) is 6.20. The van der Waals surface area contributed by atoms with Gasteiger partial charge in [-0.1, -0.05) is 66.7 Å². The van der Waals surface area contributed by atoms with Crippen LogP contribution in [0.3, 0.4) is 0 Å². The van der Waals surface area contributed by atoms with Gasteiger partial charge in [0.25, 0.3) is 5.56 Å². The average molecular weight is 574 g/mol. The molecule has 12 heteroatoms. The predicted molar refractivity (Wildman–Crippen MR) is 144 cm³/mol. The number of benzene rings is 3. The summed E-state index contributed by atoms with van der Waals surface area (Å²) in [4.78, 5) is 36.0. The van der Waals surface area contributed by atoms with Crippen LogP contribution in [-0.4, -0.2) is 33.5 Å². The molecule has 0 aliphatic carbocycles. The molecule has 3 N–H and O–H groups in total. The maximum absolute atomic E-state index is 14.8. The predicted octanol–water partition coefficient (Wildman–Crippen LogP) is 4.51. The Morgan fingerprint density at radius 2 is 1.51 bits per heavy atom. The van der Waals surface area contributed by atoms with Crippen LogP contribution < -0.4 is 21.7 Å². The normalized spacial score (nSPS) is 11.8. The van der Waals surface area contributed by atoms with E-state index in [2.05, 4.69) is 0 Å². The number of nitrogens with two attached hydrogens (primary N) is 1. The summed E-state index contributed by atoms with van der Waals surface area (Å²) in [6.07, 6.45) is -5.08. The topological polar surface area (TPSA) is 117 Å². The SMILES string of the molecule is COc1ccccc1Cn1c(C)c(-c2ccccc2F)c(=O)n(CC(N)c2ccccc2)c1=O.O=C(O)C(F)(F)F. The molecule has 0 saturated heterocycles. The standard InChI is InChI=1S/C27H26FN3O3.C2HF3O2/c1-18-25(21-13-7-8-14-22(21)28)26(32)31(17-23(29)19-10-4-3-5-11-19)27(33)30(18)16-20-12-6-9-15-24(20)34-2;3-2(4,5)1(6)7/h3-15,23H,16-17,29H2,1-2H3;(H,6,7). The van der Waals surface area contributed by atoms with Gasteiger partial charge in [-0.3, -0.25) is 13.9 Å². The fraction of sp³-hybridized carbons (Fsp3) is 0.207. The summed E-state index contributed by atoms with van der Waals surface area (Å²) in [5.41, 5.74) is 7.47. The van der Waals surface area contributed by atoms with Crippen LogP contribution >= 0.6 is 0 Å². The van der Waals surface area contributed by atoms with Gasteiger partial charge >= 0.3 is 17.8 Å². The minimum Gasteiger partial charge on any atom is -0.496 e. The Bertz CT molecular complexity index is 1630. The Hall–Kier alpha value is -4.71. The number of hydrogen-bond acceptors (Lipinski definition) is 5. The zero-order valence-corrected chi connectivity index (χ0v) is 22.1. The number of aliphatic carboxylic acids is 1. The summed E-state index contributed by atoms with van der Waals surface area (Å²) in [7, 11) is 1.55. The number of carbonyl (C=O) groups is 1. The largest absolute Gasteiger partial charge is 0.496 e. The van der Waals surface area contributed by atoms with Crippen molar-refractivity contribution in [3.8, 4) is 16.9 Å². The minimum absolute atomic E-state index is 0.0463. The van der Waals surface area contributed by atoms with Crippen molar-refractivity contribution in [2.45, 2.75) is 32.2 Å². The number of hydrogen-bond donors (Lipinski definition) is 2. The summed E-state index contributed by atoms with van der Waals surface area (Å²) >= 11 is 0. The smallest absolute Gasteiger partial charge is 0.490 e. The molecule has 216 valence electrons. The molecule has 0 spiro atoms. The van der Waals surface area contributed by atoms with E-state index in [4.69, 9.17) is 20.4 Å². The summed E-state index contributed by atoms with van der Waals surface area (Å²) in [5, 5.41) is 7.12. The van der Waals surface area contributed by atoms with E-state index in [1.165, 1.54) is 10.6 Å². The van der Waals surface area contributed by atoms with E-state index < -0.39 is 35.3 Å². The fourth-order valence-electron chi connectivity index (χ4n) is 4.13. The molecular formula is C29H27F4N3O5. The molecule has 1 aromatic heterocycles. The van der Waals surface area contributed by atoms with Crippen LogP contribution in [0.25, 0.3) is 11.1 Å². The number of carboxylic acids is 1. The lowest BCUT2D eigenvalue weighted by atomic mass is 10.0. The summed E-state index contributed by atoms with van der Waals surface area (Å²) < 4.78 is 54.5. The highest BCUT2D eigenvalue weighted by molar-refractivity contribution is 5.73. The van der Waals surface area contributed by atoms with Crippen molar-refractivity contribution in [3.63, 3.8) is 0 Å². The molecule has 0 aliphatic rings. The molecule has 4 aromatic rings. The number of rotatable bonds is 7. The number of alkyl halides is 3. The second-order valence-electron chi connectivity index (χ2n) is 8.86. The van der Waals surface area contributed by atoms with Crippen LogP contribution in [-0.2, 0) is 17.9 Å². The molecule has 0 aliphatic heterocycles.